The number of hydrogen-bond donors (Lipinski definition) is 1. The molecule has 1 fully saturated rings. The molecule has 0 saturated carbocycles. The Morgan fingerprint density at radius 3 is 2.83 bits per heavy atom. The lowest BCUT2D eigenvalue weighted by molar-refractivity contribution is -0.129. The molecule has 0 bridgehead atoms. The number of nitrogens with one attached hydrogen (secondary N) is 1. The molecule has 2 aromatic heterocycles. The Hall–Kier alpha value is -2.97. The van der Waals surface area contributed by atoms with Gasteiger partial charge in [0.2, 0.25) is 5.91 Å². The summed E-state index contributed by atoms with van der Waals surface area (Å²) in [7, 11) is 0. The summed E-state index contributed by atoms with van der Waals surface area (Å²) in [5.41, 5.74) is 2.15. The van der Waals surface area contributed by atoms with Crippen molar-refractivity contribution < 1.29 is 14.1 Å². The van der Waals surface area contributed by atoms with Gasteiger partial charge in [0.25, 0.3) is 11.5 Å². The average molecular weight is 399 g/mol. The van der Waals surface area contributed by atoms with Crippen LogP contribution in [0.1, 0.15) is 71.6 Å². The number of aryl methyl sites for hydroxylation is 2. The van der Waals surface area contributed by atoms with Crippen molar-refractivity contribution in [2.45, 2.75) is 59.0 Å². The Labute approximate surface area is 168 Å². The highest BCUT2D eigenvalue weighted by Crippen LogP contribution is 2.32. The molecule has 4 heterocycles. The van der Waals surface area contributed by atoms with Crippen molar-refractivity contribution in [2.75, 3.05) is 13.1 Å². The smallest absolute Gasteiger partial charge is 0.260 e. The number of H-pyrrole nitrogens is 1. The van der Waals surface area contributed by atoms with Crippen LogP contribution >= 0.6 is 0 Å². The summed E-state index contributed by atoms with van der Waals surface area (Å²) in [6.45, 7) is 6.62. The van der Waals surface area contributed by atoms with Crippen LogP contribution in [0.2, 0.25) is 0 Å². The molecule has 1 saturated heterocycles. The predicted molar refractivity (Wildman–Crippen MR) is 103 cm³/mol. The number of nitrogens with zero attached hydrogens (tertiary/aromatic N) is 4. The van der Waals surface area contributed by atoms with E-state index < -0.39 is 0 Å². The topological polar surface area (TPSA) is 112 Å². The Morgan fingerprint density at radius 1 is 1.31 bits per heavy atom. The zero-order valence-electron chi connectivity index (χ0n) is 16.9. The van der Waals surface area contributed by atoms with Crippen molar-refractivity contribution in [1.29, 1.82) is 0 Å². The number of carbonyl (C=O) groups excluding carboxylic acids is 2. The minimum absolute atomic E-state index is 0.0352. The molecule has 4 rings (SSSR count). The molecule has 0 radical (unpaired) electrons. The summed E-state index contributed by atoms with van der Waals surface area (Å²) >= 11 is 0. The number of amides is 2. The van der Waals surface area contributed by atoms with E-state index in [0.717, 1.165) is 12.8 Å². The zero-order chi connectivity index (χ0) is 20.7. The largest absolute Gasteiger partial charge is 0.360 e. The molecule has 1 N–H and O–H groups in total. The Kier molecular flexibility index (Phi) is 4.97. The van der Waals surface area contributed by atoms with Gasteiger partial charge in [-0.3, -0.25) is 14.4 Å². The van der Waals surface area contributed by atoms with Crippen molar-refractivity contribution in [1.82, 2.24) is 24.9 Å². The van der Waals surface area contributed by atoms with Crippen LogP contribution in [0.3, 0.4) is 0 Å². The SMILES string of the molecule is CCc1onc(C)c1C(=O)N1CCC[C@@H]1c1nc2c(c(=O)[nH]1)CCN(C(C)=O)C2. The Bertz CT molecular complexity index is 1020. The molecule has 2 amide bonds. The van der Waals surface area contributed by atoms with Crippen LogP contribution in [-0.4, -0.2) is 49.8 Å². The van der Waals surface area contributed by atoms with Crippen LogP contribution in [0.5, 0.6) is 0 Å². The van der Waals surface area contributed by atoms with Crippen LogP contribution in [0, 0.1) is 6.92 Å². The standard InChI is InChI=1S/C20H25N5O4/c1-4-16-17(11(2)23-29-16)20(28)25-8-5-6-15(25)18-21-14-10-24(12(3)26)9-7-13(14)19(27)22-18/h15H,4-10H2,1-3H3,(H,21,22,27)/t15-/m1/s1. The van der Waals surface area contributed by atoms with Gasteiger partial charge in [0.15, 0.2) is 0 Å². The summed E-state index contributed by atoms with van der Waals surface area (Å²) < 4.78 is 5.29. The number of hydrogen-bond acceptors (Lipinski definition) is 6. The van der Waals surface area contributed by atoms with Gasteiger partial charge in [-0.25, -0.2) is 4.98 Å². The average Bonchev–Trinajstić information content (AvgIpc) is 3.33. The molecule has 0 unspecified atom stereocenters. The highest BCUT2D eigenvalue weighted by Gasteiger charge is 2.36. The monoisotopic (exact) mass is 399 g/mol. The molecule has 154 valence electrons. The van der Waals surface area contributed by atoms with Gasteiger partial charge in [-0.2, -0.15) is 0 Å². The maximum Gasteiger partial charge on any atom is 0.260 e. The van der Waals surface area contributed by atoms with E-state index in [1.54, 1.807) is 16.7 Å². The zero-order valence-corrected chi connectivity index (χ0v) is 16.9. The lowest BCUT2D eigenvalue weighted by Gasteiger charge is -2.28. The second kappa shape index (κ2) is 7.46. The highest BCUT2D eigenvalue weighted by molar-refractivity contribution is 5.96. The first-order valence-electron chi connectivity index (χ1n) is 10.0. The normalized spacial score (nSPS) is 18.8. The van der Waals surface area contributed by atoms with E-state index in [1.165, 1.54) is 6.92 Å². The van der Waals surface area contributed by atoms with E-state index in [2.05, 4.69) is 15.1 Å². The summed E-state index contributed by atoms with van der Waals surface area (Å²) in [5.74, 6) is 0.875. The van der Waals surface area contributed by atoms with Gasteiger partial charge in [0, 0.05) is 32.0 Å². The molecule has 9 heteroatoms. The molecule has 1 atom stereocenters. The molecule has 9 nitrogen and oxygen atoms in total. The van der Waals surface area contributed by atoms with E-state index in [1.807, 2.05) is 6.92 Å². The molecule has 0 aliphatic carbocycles. The summed E-state index contributed by atoms with van der Waals surface area (Å²) in [6.07, 6.45) is 2.61. The number of aromatic nitrogens is 3. The predicted octanol–water partition coefficient (Wildman–Crippen LogP) is 1.51. The molecular weight excluding hydrogens is 374 g/mol. The van der Waals surface area contributed by atoms with Crippen LogP contribution in [-0.2, 0) is 24.2 Å². The maximum atomic E-state index is 13.3. The number of likely N-dealkylation sites (tertiary alicyclic amines) is 1. The number of carbonyl (C=O) groups is 2. The fourth-order valence-electron chi connectivity index (χ4n) is 4.26. The fraction of sp³-hybridized carbons (Fsp3) is 0.550. The summed E-state index contributed by atoms with van der Waals surface area (Å²) in [6, 6.07) is -0.313. The van der Waals surface area contributed by atoms with Crippen LogP contribution < -0.4 is 5.56 Å². The quantitative estimate of drug-likeness (QED) is 0.837. The number of rotatable bonds is 3. The second-order valence-electron chi connectivity index (χ2n) is 7.64. The van der Waals surface area contributed by atoms with E-state index in [0.29, 0.717) is 66.6 Å². The Balaban J connectivity index is 1.68. The van der Waals surface area contributed by atoms with Gasteiger partial charge >= 0.3 is 0 Å². The van der Waals surface area contributed by atoms with Crippen molar-refractivity contribution in [3.8, 4) is 0 Å². The Morgan fingerprint density at radius 2 is 2.10 bits per heavy atom. The molecule has 0 spiro atoms. The van der Waals surface area contributed by atoms with Crippen LogP contribution in [0.25, 0.3) is 0 Å². The van der Waals surface area contributed by atoms with Crippen LogP contribution in [0.15, 0.2) is 9.32 Å². The van der Waals surface area contributed by atoms with Gasteiger partial charge in [0.1, 0.15) is 17.1 Å². The third-order valence-electron chi connectivity index (χ3n) is 5.83. The van der Waals surface area contributed by atoms with Crippen molar-refractivity contribution in [2.24, 2.45) is 0 Å². The summed E-state index contributed by atoms with van der Waals surface area (Å²) in [4.78, 5) is 48.7. The first kappa shape index (κ1) is 19.4. The van der Waals surface area contributed by atoms with E-state index >= 15 is 0 Å². The van der Waals surface area contributed by atoms with Gasteiger partial charge < -0.3 is 19.3 Å². The maximum absolute atomic E-state index is 13.3. The van der Waals surface area contributed by atoms with E-state index in [9.17, 15) is 14.4 Å². The first-order valence-corrected chi connectivity index (χ1v) is 10.0. The van der Waals surface area contributed by atoms with Crippen molar-refractivity contribution >= 4 is 11.8 Å². The highest BCUT2D eigenvalue weighted by atomic mass is 16.5. The van der Waals surface area contributed by atoms with Crippen LogP contribution in [0.4, 0.5) is 0 Å². The van der Waals surface area contributed by atoms with Gasteiger partial charge in [-0.1, -0.05) is 12.1 Å². The molecule has 2 aliphatic heterocycles. The number of fused-ring (bicyclic) bond motifs is 1. The van der Waals surface area contributed by atoms with E-state index in [4.69, 9.17) is 4.52 Å². The molecule has 29 heavy (non-hydrogen) atoms. The van der Waals surface area contributed by atoms with Crippen molar-refractivity contribution in [3.63, 3.8) is 0 Å². The minimum atomic E-state index is -0.313. The fourth-order valence-corrected chi connectivity index (χ4v) is 4.26. The third kappa shape index (κ3) is 3.34. The molecule has 2 aromatic rings. The lowest BCUT2D eigenvalue weighted by atomic mass is 10.1. The first-order chi connectivity index (χ1) is 13.9. The van der Waals surface area contributed by atoms with Gasteiger partial charge in [-0.15, -0.1) is 0 Å². The molecular formula is C20H25N5O4. The number of aromatic amines is 1. The molecule has 0 aromatic carbocycles. The summed E-state index contributed by atoms with van der Waals surface area (Å²) in [5, 5.41) is 3.94. The minimum Gasteiger partial charge on any atom is -0.360 e. The lowest BCUT2D eigenvalue weighted by Crippen LogP contribution is -2.39. The van der Waals surface area contributed by atoms with E-state index in [-0.39, 0.29) is 23.4 Å². The molecule has 2 aliphatic rings. The van der Waals surface area contributed by atoms with Crippen molar-refractivity contribution in [3.05, 3.63) is 44.5 Å². The second-order valence-corrected chi connectivity index (χ2v) is 7.64. The van der Waals surface area contributed by atoms with Gasteiger partial charge in [0.05, 0.1) is 24.0 Å². The third-order valence-corrected chi connectivity index (χ3v) is 5.83. The van der Waals surface area contributed by atoms with Gasteiger partial charge in [-0.05, 0) is 26.2 Å².